The highest BCUT2D eigenvalue weighted by Gasteiger charge is 2.20. The highest BCUT2D eigenvalue weighted by molar-refractivity contribution is 7.10. The first-order valence-corrected chi connectivity index (χ1v) is 8.24. The second-order valence-electron chi connectivity index (χ2n) is 5.48. The third-order valence-corrected chi connectivity index (χ3v) is 4.77. The Morgan fingerprint density at radius 1 is 1.35 bits per heavy atom. The zero-order valence-electron chi connectivity index (χ0n) is 12.7. The van der Waals surface area contributed by atoms with Gasteiger partial charge in [-0.15, -0.1) is 17.9 Å². The zero-order chi connectivity index (χ0) is 16.0. The van der Waals surface area contributed by atoms with Crippen LogP contribution in [0.2, 0.25) is 0 Å². The van der Waals surface area contributed by atoms with Crippen LogP contribution in [0.1, 0.15) is 4.88 Å². The Balaban J connectivity index is 2.09. The van der Waals surface area contributed by atoms with Gasteiger partial charge in [0.2, 0.25) is 0 Å². The van der Waals surface area contributed by atoms with Gasteiger partial charge in [-0.2, -0.15) is 9.78 Å². The maximum Gasteiger partial charge on any atom is 0.282 e. The van der Waals surface area contributed by atoms with E-state index >= 15 is 0 Å². The van der Waals surface area contributed by atoms with E-state index in [-0.39, 0.29) is 5.56 Å². The van der Waals surface area contributed by atoms with Crippen molar-refractivity contribution < 1.29 is 0 Å². The summed E-state index contributed by atoms with van der Waals surface area (Å²) in [7, 11) is 0. The van der Waals surface area contributed by atoms with Crippen LogP contribution in [0.25, 0.3) is 27.8 Å². The quantitative estimate of drug-likeness (QED) is 0.538. The van der Waals surface area contributed by atoms with E-state index in [1.807, 2.05) is 59.5 Å². The molecule has 1 aromatic carbocycles. The van der Waals surface area contributed by atoms with Crippen molar-refractivity contribution in [2.24, 2.45) is 0 Å². The summed E-state index contributed by atoms with van der Waals surface area (Å²) in [5.41, 5.74) is 3.17. The van der Waals surface area contributed by atoms with Gasteiger partial charge in [0, 0.05) is 28.4 Å². The zero-order valence-corrected chi connectivity index (χ0v) is 13.5. The van der Waals surface area contributed by atoms with Crippen molar-refractivity contribution in [3.8, 4) is 16.9 Å². The molecule has 0 fully saturated rings. The molecular formula is C18H15N3OS. The van der Waals surface area contributed by atoms with Crippen LogP contribution in [0, 0.1) is 6.92 Å². The first-order chi connectivity index (χ1) is 11.2. The summed E-state index contributed by atoms with van der Waals surface area (Å²) in [6, 6.07) is 9.99. The summed E-state index contributed by atoms with van der Waals surface area (Å²) >= 11 is 1.61. The summed E-state index contributed by atoms with van der Waals surface area (Å²) < 4.78 is 3.54. The van der Waals surface area contributed by atoms with E-state index in [0.29, 0.717) is 12.1 Å². The fourth-order valence-corrected chi connectivity index (χ4v) is 3.55. The molecule has 0 amide bonds. The molecule has 5 heteroatoms. The third kappa shape index (κ3) is 2.12. The fourth-order valence-electron chi connectivity index (χ4n) is 2.89. The third-order valence-electron chi connectivity index (χ3n) is 3.92. The average Bonchev–Trinajstić information content (AvgIpc) is 3.12. The van der Waals surface area contributed by atoms with E-state index < -0.39 is 0 Å². The number of rotatable bonds is 3. The Morgan fingerprint density at radius 3 is 2.91 bits per heavy atom. The lowest BCUT2D eigenvalue weighted by Crippen LogP contribution is -2.14. The Labute approximate surface area is 137 Å². The highest BCUT2D eigenvalue weighted by atomic mass is 32.1. The number of benzene rings is 1. The van der Waals surface area contributed by atoms with Crippen molar-refractivity contribution in [1.29, 1.82) is 0 Å². The number of hydrogen-bond donors (Lipinski definition) is 0. The number of aromatic nitrogens is 3. The molecule has 3 heterocycles. The molecule has 0 unspecified atom stereocenters. The molecule has 4 rings (SSSR count). The number of para-hydroxylation sites is 1. The monoisotopic (exact) mass is 321 g/mol. The van der Waals surface area contributed by atoms with Gasteiger partial charge in [0.15, 0.2) is 0 Å². The highest BCUT2D eigenvalue weighted by Crippen LogP contribution is 2.28. The summed E-state index contributed by atoms with van der Waals surface area (Å²) in [6.45, 7) is 6.48. The molecule has 0 bridgehead atoms. The summed E-state index contributed by atoms with van der Waals surface area (Å²) in [4.78, 5) is 14.0. The predicted octanol–water partition coefficient (Wildman–Crippen LogP) is 3.85. The molecule has 0 spiro atoms. The largest absolute Gasteiger partial charge is 0.343 e. The number of pyridine rings is 1. The smallest absolute Gasteiger partial charge is 0.282 e. The van der Waals surface area contributed by atoms with Crippen LogP contribution in [0.4, 0.5) is 0 Å². The van der Waals surface area contributed by atoms with Crippen molar-refractivity contribution in [2.45, 2.75) is 13.5 Å². The van der Waals surface area contributed by atoms with E-state index in [2.05, 4.69) is 11.7 Å². The Bertz CT molecular complexity index is 1050. The lowest BCUT2D eigenvalue weighted by Gasteiger charge is -2.11. The molecule has 4 nitrogen and oxygen atoms in total. The molecule has 0 atom stereocenters. The minimum absolute atomic E-state index is 0.0821. The van der Waals surface area contributed by atoms with Gasteiger partial charge >= 0.3 is 0 Å². The molecule has 0 aliphatic carbocycles. The van der Waals surface area contributed by atoms with Crippen LogP contribution < -0.4 is 5.56 Å². The van der Waals surface area contributed by atoms with E-state index in [9.17, 15) is 4.79 Å². The van der Waals surface area contributed by atoms with Gasteiger partial charge in [0.05, 0.1) is 16.8 Å². The van der Waals surface area contributed by atoms with E-state index in [1.54, 1.807) is 11.3 Å². The minimum atomic E-state index is -0.0821. The second-order valence-corrected chi connectivity index (χ2v) is 6.60. The number of aryl methyl sites for hydroxylation is 1. The number of fused-ring (bicyclic) bond motifs is 3. The van der Waals surface area contributed by atoms with Gasteiger partial charge in [-0.3, -0.25) is 4.79 Å². The molecule has 114 valence electrons. The molecule has 0 radical (unpaired) electrons. The predicted molar refractivity (Wildman–Crippen MR) is 94.8 cm³/mol. The van der Waals surface area contributed by atoms with Crippen LogP contribution >= 0.6 is 11.3 Å². The lowest BCUT2D eigenvalue weighted by molar-refractivity contribution is 0.854. The second kappa shape index (κ2) is 5.21. The number of hydrogen-bond acceptors (Lipinski definition) is 3. The Morgan fingerprint density at radius 2 is 2.17 bits per heavy atom. The molecule has 2 aliphatic rings. The average molecular weight is 321 g/mol. The van der Waals surface area contributed by atoms with Crippen LogP contribution in [0.5, 0.6) is 0 Å². The molecule has 2 aliphatic heterocycles. The summed E-state index contributed by atoms with van der Waals surface area (Å²) in [6.07, 6.45) is 3.71. The van der Waals surface area contributed by atoms with Crippen molar-refractivity contribution in [1.82, 2.24) is 14.3 Å². The molecule has 0 saturated carbocycles. The van der Waals surface area contributed by atoms with Gasteiger partial charge < -0.3 is 4.57 Å². The summed E-state index contributed by atoms with van der Waals surface area (Å²) in [5, 5.41) is 7.54. The summed E-state index contributed by atoms with van der Waals surface area (Å²) in [5.74, 6) is 0. The number of thiophene rings is 1. The standard InChI is InChI=1S/C18H15N3OS/c1-3-8-20-10-15-17(14-6-4-5-7-16(14)20)19-21(18(15)22)13-9-12(2)23-11-13/h3-7,9-11H,1,8H2,2H3. The van der Waals surface area contributed by atoms with Crippen LogP contribution in [0.15, 0.2) is 59.4 Å². The Kier molecular flexibility index (Phi) is 3.16. The first kappa shape index (κ1) is 14.0. The number of nitrogens with zero attached hydrogens (tertiary/aromatic N) is 3. The van der Waals surface area contributed by atoms with Gasteiger partial charge in [-0.25, -0.2) is 0 Å². The normalized spacial score (nSPS) is 11.3. The molecule has 0 saturated heterocycles. The number of allylic oxidation sites excluding steroid dienone is 1. The van der Waals surface area contributed by atoms with Crippen molar-refractivity contribution in [3.63, 3.8) is 0 Å². The molecule has 0 N–H and O–H groups in total. The van der Waals surface area contributed by atoms with Crippen molar-refractivity contribution in [3.05, 3.63) is 69.8 Å². The van der Waals surface area contributed by atoms with Gasteiger partial charge in [0.1, 0.15) is 5.69 Å². The topological polar surface area (TPSA) is 39.8 Å². The van der Waals surface area contributed by atoms with E-state index in [0.717, 1.165) is 27.2 Å². The molecule has 23 heavy (non-hydrogen) atoms. The molecule has 1 aromatic heterocycles. The Hall–Kier alpha value is -2.66. The fraction of sp³-hybridized carbons (Fsp3) is 0.111. The van der Waals surface area contributed by atoms with Crippen molar-refractivity contribution in [2.75, 3.05) is 0 Å². The maximum atomic E-state index is 12.8. The van der Waals surface area contributed by atoms with Gasteiger partial charge in [-0.05, 0) is 19.1 Å². The molecular weight excluding hydrogens is 306 g/mol. The van der Waals surface area contributed by atoms with Gasteiger partial charge in [0.25, 0.3) is 5.56 Å². The van der Waals surface area contributed by atoms with Gasteiger partial charge in [-0.1, -0.05) is 24.3 Å². The SMILES string of the molecule is C=CCn1cc2c(=O)n(-c3csc(C)c3)nc-2c2ccccc21. The lowest BCUT2D eigenvalue weighted by atomic mass is 10.1. The van der Waals surface area contributed by atoms with Crippen LogP contribution in [-0.4, -0.2) is 14.3 Å². The first-order valence-electron chi connectivity index (χ1n) is 7.36. The maximum absolute atomic E-state index is 12.8. The van der Waals surface area contributed by atoms with E-state index in [4.69, 9.17) is 0 Å². The van der Waals surface area contributed by atoms with Crippen LogP contribution in [-0.2, 0) is 6.54 Å². The molecule has 2 aromatic rings. The van der Waals surface area contributed by atoms with E-state index in [1.165, 1.54) is 4.68 Å². The minimum Gasteiger partial charge on any atom is -0.343 e. The van der Waals surface area contributed by atoms with Crippen molar-refractivity contribution >= 4 is 22.2 Å². The van der Waals surface area contributed by atoms with Crippen LogP contribution in [0.3, 0.4) is 0 Å².